The third-order valence-electron chi connectivity index (χ3n) is 2.52. The standard InChI is InChI=1S/C12H17N5/c1-9(2)11-8-14-17(15-11)10-5-6-13-12(7-10)16(3)4/h5-9H,1-4H3. The largest absolute Gasteiger partial charge is 0.363 e. The summed E-state index contributed by atoms with van der Waals surface area (Å²) in [7, 11) is 3.92. The minimum Gasteiger partial charge on any atom is -0.363 e. The van der Waals surface area contributed by atoms with Crippen molar-refractivity contribution in [1.82, 2.24) is 20.0 Å². The molecule has 0 aliphatic rings. The molecule has 0 unspecified atom stereocenters. The highest BCUT2D eigenvalue weighted by atomic mass is 15.5. The van der Waals surface area contributed by atoms with Crippen molar-refractivity contribution in [2.45, 2.75) is 19.8 Å². The van der Waals surface area contributed by atoms with Gasteiger partial charge in [-0.3, -0.25) is 0 Å². The van der Waals surface area contributed by atoms with Crippen molar-refractivity contribution in [2.75, 3.05) is 19.0 Å². The molecule has 0 saturated heterocycles. The normalized spacial score (nSPS) is 10.9. The maximum atomic E-state index is 4.44. The topological polar surface area (TPSA) is 46.8 Å². The molecule has 0 bridgehead atoms. The van der Waals surface area contributed by atoms with Gasteiger partial charge in [0.1, 0.15) is 5.82 Å². The summed E-state index contributed by atoms with van der Waals surface area (Å²) in [4.78, 5) is 7.86. The maximum absolute atomic E-state index is 4.44. The zero-order valence-electron chi connectivity index (χ0n) is 10.6. The van der Waals surface area contributed by atoms with Crippen LogP contribution in [0.3, 0.4) is 0 Å². The summed E-state index contributed by atoms with van der Waals surface area (Å²) >= 11 is 0. The Bertz CT molecular complexity index is 501. The molecule has 0 spiro atoms. The molecule has 0 aliphatic heterocycles. The molecule has 17 heavy (non-hydrogen) atoms. The van der Waals surface area contributed by atoms with E-state index >= 15 is 0 Å². The third kappa shape index (κ3) is 2.43. The lowest BCUT2D eigenvalue weighted by Crippen LogP contribution is -2.11. The Labute approximate surface area is 101 Å². The van der Waals surface area contributed by atoms with Gasteiger partial charge in [-0.1, -0.05) is 13.8 Å². The summed E-state index contributed by atoms with van der Waals surface area (Å²) in [5, 5.41) is 8.71. The Kier molecular flexibility index (Phi) is 3.08. The maximum Gasteiger partial charge on any atom is 0.130 e. The Morgan fingerprint density at radius 2 is 2.06 bits per heavy atom. The minimum atomic E-state index is 0.388. The van der Waals surface area contributed by atoms with Gasteiger partial charge in [0.25, 0.3) is 0 Å². The SMILES string of the molecule is CC(C)c1cnn(-c2ccnc(N(C)C)c2)n1. The van der Waals surface area contributed by atoms with Gasteiger partial charge in [-0.25, -0.2) is 4.98 Å². The van der Waals surface area contributed by atoms with Crippen molar-refractivity contribution in [1.29, 1.82) is 0 Å². The van der Waals surface area contributed by atoms with Crippen LogP contribution < -0.4 is 4.90 Å². The zero-order chi connectivity index (χ0) is 12.4. The van der Waals surface area contributed by atoms with Crippen LogP contribution in [0.2, 0.25) is 0 Å². The Hall–Kier alpha value is -1.91. The van der Waals surface area contributed by atoms with Gasteiger partial charge >= 0.3 is 0 Å². The molecule has 2 heterocycles. The van der Waals surface area contributed by atoms with Crippen molar-refractivity contribution in [3.05, 3.63) is 30.2 Å². The van der Waals surface area contributed by atoms with Gasteiger partial charge in [0.05, 0.1) is 17.6 Å². The van der Waals surface area contributed by atoms with E-state index in [0.717, 1.165) is 17.2 Å². The van der Waals surface area contributed by atoms with E-state index in [1.807, 2.05) is 31.1 Å². The average Bonchev–Trinajstić information content (AvgIpc) is 2.78. The molecule has 0 fully saturated rings. The first-order valence-electron chi connectivity index (χ1n) is 5.64. The lowest BCUT2D eigenvalue weighted by molar-refractivity contribution is 0.716. The van der Waals surface area contributed by atoms with E-state index in [1.165, 1.54) is 0 Å². The van der Waals surface area contributed by atoms with Crippen LogP contribution in [0.5, 0.6) is 0 Å². The predicted octanol–water partition coefficient (Wildman–Crippen LogP) is 1.85. The first-order chi connectivity index (χ1) is 8.08. The molecule has 90 valence electrons. The van der Waals surface area contributed by atoms with Gasteiger partial charge in [0.15, 0.2) is 0 Å². The third-order valence-corrected chi connectivity index (χ3v) is 2.52. The van der Waals surface area contributed by atoms with Crippen LogP contribution in [-0.4, -0.2) is 34.1 Å². The second-order valence-corrected chi connectivity index (χ2v) is 4.48. The number of aromatic nitrogens is 4. The van der Waals surface area contributed by atoms with Crippen LogP contribution in [0.4, 0.5) is 5.82 Å². The molecule has 0 N–H and O–H groups in total. The molecule has 5 nitrogen and oxygen atoms in total. The number of nitrogens with zero attached hydrogens (tertiary/aromatic N) is 5. The zero-order valence-corrected chi connectivity index (χ0v) is 10.6. The highest BCUT2D eigenvalue weighted by molar-refractivity contribution is 5.44. The molecular weight excluding hydrogens is 214 g/mol. The summed E-state index contributed by atoms with van der Waals surface area (Å²) in [6, 6.07) is 3.86. The van der Waals surface area contributed by atoms with Crippen molar-refractivity contribution < 1.29 is 0 Å². The number of anilines is 1. The molecule has 0 aliphatic carbocycles. The molecule has 0 radical (unpaired) electrons. The molecule has 5 heteroatoms. The predicted molar refractivity (Wildman–Crippen MR) is 67.6 cm³/mol. The molecule has 0 saturated carbocycles. The fraction of sp³-hybridized carbons (Fsp3) is 0.417. The molecular formula is C12H17N5. The van der Waals surface area contributed by atoms with Crippen LogP contribution in [-0.2, 0) is 0 Å². The van der Waals surface area contributed by atoms with Crippen molar-refractivity contribution in [2.24, 2.45) is 0 Å². The van der Waals surface area contributed by atoms with Crippen LogP contribution >= 0.6 is 0 Å². The molecule has 2 aromatic heterocycles. The van der Waals surface area contributed by atoms with E-state index in [2.05, 4.69) is 29.0 Å². The van der Waals surface area contributed by atoms with Gasteiger partial charge < -0.3 is 4.90 Å². The van der Waals surface area contributed by atoms with Crippen molar-refractivity contribution >= 4 is 5.82 Å². The van der Waals surface area contributed by atoms with E-state index in [9.17, 15) is 0 Å². The van der Waals surface area contributed by atoms with Gasteiger partial charge in [0, 0.05) is 26.4 Å². The number of hydrogen-bond donors (Lipinski definition) is 0. The van der Waals surface area contributed by atoms with E-state index in [4.69, 9.17) is 0 Å². The summed E-state index contributed by atoms with van der Waals surface area (Å²) in [5.41, 5.74) is 1.92. The van der Waals surface area contributed by atoms with E-state index < -0.39 is 0 Å². The highest BCUT2D eigenvalue weighted by Gasteiger charge is 2.07. The Balaban J connectivity index is 2.35. The second-order valence-electron chi connectivity index (χ2n) is 4.48. The summed E-state index contributed by atoms with van der Waals surface area (Å²) < 4.78 is 0. The van der Waals surface area contributed by atoms with Crippen molar-refractivity contribution in [3.8, 4) is 5.69 Å². The van der Waals surface area contributed by atoms with Gasteiger partial charge in [-0.05, 0) is 12.0 Å². The molecule has 0 aromatic carbocycles. The highest BCUT2D eigenvalue weighted by Crippen LogP contribution is 2.14. The lowest BCUT2D eigenvalue weighted by atomic mass is 10.2. The van der Waals surface area contributed by atoms with Crippen LogP contribution in [0.15, 0.2) is 24.5 Å². The Morgan fingerprint density at radius 3 is 2.65 bits per heavy atom. The first kappa shape index (κ1) is 11.6. The number of hydrogen-bond acceptors (Lipinski definition) is 4. The average molecular weight is 231 g/mol. The minimum absolute atomic E-state index is 0.388. The van der Waals surface area contributed by atoms with E-state index in [1.54, 1.807) is 17.2 Å². The van der Waals surface area contributed by atoms with Crippen LogP contribution in [0, 0.1) is 0 Å². The smallest absolute Gasteiger partial charge is 0.130 e. The van der Waals surface area contributed by atoms with E-state index in [-0.39, 0.29) is 0 Å². The number of rotatable bonds is 3. The van der Waals surface area contributed by atoms with Gasteiger partial charge in [0.2, 0.25) is 0 Å². The van der Waals surface area contributed by atoms with Crippen LogP contribution in [0.25, 0.3) is 5.69 Å². The Morgan fingerprint density at radius 1 is 1.29 bits per heavy atom. The lowest BCUT2D eigenvalue weighted by Gasteiger charge is -2.11. The fourth-order valence-electron chi connectivity index (χ4n) is 1.44. The summed E-state index contributed by atoms with van der Waals surface area (Å²) in [6.07, 6.45) is 3.57. The fourth-order valence-corrected chi connectivity index (χ4v) is 1.44. The number of pyridine rings is 1. The molecule has 0 amide bonds. The van der Waals surface area contributed by atoms with Gasteiger partial charge in [-0.2, -0.15) is 15.0 Å². The summed E-state index contributed by atoms with van der Waals surface area (Å²) in [6.45, 7) is 4.21. The molecule has 2 rings (SSSR count). The van der Waals surface area contributed by atoms with Crippen molar-refractivity contribution in [3.63, 3.8) is 0 Å². The van der Waals surface area contributed by atoms with Crippen LogP contribution in [0.1, 0.15) is 25.5 Å². The van der Waals surface area contributed by atoms with E-state index in [0.29, 0.717) is 5.92 Å². The molecule has 0 atom stereocenters. The summed E-state index contributed by atoms with van der Waals surface area (Å²) in [5.74, 6) is 1.28. The first-order valence-corrected chi connectivity index (χ1v) is 5.64. The molecule has 2 aromatic rings. The van der Waals surface area contributed by atoms with Gasteiger partial charge in [-0.15, -0.1) is 0 Å². The monoisotopic (exact) mass is 231 g/mol. The quantitative estimate of drug-likeness (QED) is 0.808. The second kappa shape index (κ2) is 4.53.